The molecule has 0 aliphatic carbocycles. The monoisotopic (exact) mass is 470 g/mol. The van der Waals surface area contributed by atoms with Gasteiger partial charge < -0.3 is 25.2 Å². The van der Waals surface area contributed by atoms with Crippen LogP contribution in [-0.4, -0.2) is 46.9 Å². The number of esters is 1. The summed E-state index contributed by atoms with van der Waals surface area (Å²) in [5, 5.41) is 15.0. The summed E-state index contributed by atoms with van der Waals surface area (Å²) in [6.07, 6.45) is -0.654. The number of hydrogen-bond acceptors (Lipinski definition) is 6. The molecule has 0 radical (unpaired) electrons. The number of ether oxygens (including phenoxy) is 2. The second kappa shape index (κ2) is 11.0. The number of aliphatic carboxylic acids is 1. The van der Waals surface area contributed by atoms with Crippen LogP contribution in [0.4, 0.5) is 10.5 Å². The van der Waals surface area contributed by atoms with Gasteiger partial charge in [-0.05, 0) is 70.4 Å². The molecule has 1 atom stereocenters. The van der Waals surface area contributed by atoms with Gasteiger partial charge in [0.15, 0.2) is 0 Å². The Hall–Kier alpha value is -3.55. The fraction of sp³-hybridized carbons (Fsp3) is 0.423. The normalized spacial score (nSPS) is 12.4. The first-order valence-corrected chi connectivity index (χ1v) is 11.1. The first kappa shape index (κ1) is 26.7. The first-order valence-electron chi connectivity index (χ1n) is 11.1. The smallest absolute Gasteiger partial charge is 0.408 e. The van der Waals surface area contributed by atoms with Crippen molar-refractivity contribution in [2.75, 3.05) is 11.9 Å². The Balaban J connectivity index is 2.03. The summed E-state index contributed by atoms with van der Waals surface area (Å²) in [5.74, 6) is -1.48. The molecule has 3 N–H and O–H groups in total. The SMILES string of the molecule is CC(C)(C)OC(=O)CNc1cccc(-c2ccc(CC(NC(=O)OC(C)(C)C)C(=O)O)cc2)c1. The van der Waals surface area contributed by atoms with Crippen LogP contribution in [-0.2, 0) is 25.5 Å². The summed E-state index contributed by atoms with van der Waals surface area (Å²) in [5.41, 5.74) is 2.14. The number of rotatable bonds is 8. The number of anilines is 1. The fourth-order valence-electron chi connectivity index (χ4n) is 3.08. The van der Waals surface area contributed by atoms with Gasteiger partial charge >= 0.3 is 18.0 Å². The highest BCUT2D eigenvalue weighted by molar-refractivity contribution is 5.80. The number of carboxylic acid groups (broad SMARTS) is 1. The Bertz CT molecular complexity index is 1000. The highest BCUT2D eigenvalue weighted by atomic mass is 16.6. The van der Waals surface area contributed by atoms with Gasteiger partial charge in [0.1, 0.15) is 23.8 Å². The van der Waals surface area contributed by atoms with Crippen LogP contribution in [0.1, 0.15) is 47.1 Å². The molecule has 0 heterocycles. The van der Waals surface area contributed by atoms with Gasteiger partial charge in [0.2, 0.25) is 0 Å². The van der Waals surface area contributed by atoms with Crippen molar-refractivity contribution in [2.45, 2.75) is 65.2 Å². The molecule has 0 fully saturated rings. The number of benzene rings is 2. The molecule has 0 saturated carbocycles. The minimum atomic E-state index is -1.14. The van der Waals surface area contributed by atoms with E-state index >= 15 is 0 Å². The number of carbonyl (C=O) groups excluding carboxylic acids is 2. The van der Waals surface area contributed by atoms with Gasteiger partial charge in [0.25, 0.3) is 0 Å². The molecule has 2 rings (SSSR count). The molecular formula is C26H34N2O6. The molecule has 8 heteroatoms. The van der Waals surface area contributed by atoms with E-state index in [1.165, 1.54) is 0 Å². The number of nitrogens with one attached hydrogen (secondary N) is 2. The van der Waals surface area contributed by atoms with Crippen molar-refractivity contribution in [1.29, 1.82) is 0 Å². The topological polar surface area (TPSA) is 114 Å². The Kier molecular flexibility index (Phi) is 8.68. The lowest BCUT2D eigenvalue weighted by molar-refractivity contribution is -0.152. The van der Waals surface area contributed by atoms with E-state index in [0.717, 1.165) is 22.4 Å². The predicted molar refractivity (Wildman–Crippen MR) is 131 cm³/mol. The Morgan fingerprint density at radius 3 is 2.06 bits per heavy atom. The molecule has 34 heavy (non-hydrogen) atoms. The summed E-state index contributed by atoms with van der Waals surface area (Å²) in [4.78, 5) is 35.5. The van der Waals surface area contributed by atoms with E-state index in [2.05, 4.69) is 10.6 Å². The second-order valence-electron chi connectivity index (χ2n) is 9.96. The Morgan fingerprint density at radius 2 is 1.50 bits per heavy atom. The van der Waals surface area contributed by atoms with Gasteiger partial charge in [-0.15, -0.1) is 0 Å². The Labute approximate surface area is 200 Å². The molecule has 1 amide bonds. The van der Waals surface area contributed by atoms with Gasteiger partial charge in [-0.3, -0.25) is 4.79 Å². The summed E-state index contributed by atoms with van der Waals surface area (Å²) in [6.45, 7) is 10.7. The van der Waals surface area contributed by atoms with Crippen molar-refractivity contribution in [3.05, 3.63) is 54.1 Å². The highest BCUT2D eigenvalue weighted by Gasteiger charge is 2.24. The maximum Gasteiger partial charge on any atom is 0.408 e. The quantitative estimate of drug-likeness (QED) is 0.482. The van der Waals surface area contributed by atoms with E-state index in [1.807, 2.05) is 69.3 Å². The standard InChI is InChI=1S/C26H34N2O6/c1-25(2,3)33-22(29)16-27-20-9-7-8-19(15-20)18-12-10-17(11-13-18)14-21(23(30)31)28-24(32)34-26(4,5)6/h7-13,15,21,27H,14,16H2,1-6H3,(H,28,32)(H,30,31). The van der Waals surface area contributed by atoms with Crippen molar-refractivity contribution in [3.63, 3.8) is 0 Å². The lowest BCUT2D eigenvalue weighted by atomic mass is 10.0. The maximum absolute atomic E-state index is 12.0. The van der Waals surface area contributed by atoms with E-state index in [0.29, 0.717) is 0 Å². The molecule has 0 spiro atoms. The highest BCUT2D eigenvalue weighted by Crippen LogP contribution is 2.23. The molecule has 2 aromatic carbocycles. The zero-order valence-corrected chi connectivity index (χ0v) is 20.6. The first-order chi connectivity index (χ1) is 15.7. The van der Waals surface area contributed by atoms with Gasteiger partial charge in [-0.1, -0.05) is 36.4 Å². The summed E-state index contributed by atoms with van der Waals surface area (Å²) >= 11 is 0. The molecule has 1 unspecified atom stereocenters. The van der Waals surface area contributed by atoms with Gasteiger partial charge in [0, 0.05) is 12.1 Å². The number of amides is 1. The van der Waals surface area contributed by atoms with Crippen LogP contribution >= 0.6 is 0 Å². The van der Waals surface area contributed by atoms with Crippen LogP contribution < -0.4 is 10.6 Å². The van der Waals surface area contributed by atoms with Crippen LogP contribution in [0.2, 0.25) is 0 Å². The van der Waals surface area contributed by atoms with Crippen LogP contribution in [0, 0.1) is 0 Å². The van der Waals surface area contributed by atoms with Crippen molar-refractivity contribution in [2.24, 2.45) is 0 Å². The third kappa shape index (κ3) is 9.52. The molecule has 0 saturated heterocycles. The molecule has 0 aromatic heterocycles. The number of alkyl carbamates (subject to hydrolysis) is 1. The van der Waals surface area contributed by atoms with Crippen LogP contribution in [0.25, 0.3) is 11.1 Å². The van der Waals surface area contributed by atoms with Gasteiger partial charge in [-0.2, -0.15) is 0 Å². The zero-order valence-electron chi connectivity index (χ0n) is 20.6. The maximum atomic E-state index is 12.0. The van der Waals surface area contributed by atoms with E-state index in [-0.39, 0.29) is 18.9 Å². The van der Waals surface area contributed by atoms with Crippen molar-refractivity contribution >= 4 is 23.7 Å². The van der Waals surface area contributed by atoms with Crippen LogP contribution in [0.5, 0.6) is 0 Å². The van der Waals surface area contributed by atoms with Gasteiger partial charge in [0.05, 0.1) is 0 Å². The molecule has 0 aliphatic rings. The van der Waals surface area contributed by atoms with Crippen molar-refractivity contribution in [1.82, 2.24) is 5.32 Å². The molecule has 0 aliphatic heterocycles. The van der Waals surface area contributed by atoms with Gasteiger partial charge in [-0.25, -0.2) is 9.59 Å². The van der Waals surface area contributed by atoms with Crippen LogP contribution in [0.15, 0.2) is 48.5 Å². The second-order valence-corrected chi connectivity index (χ2v) is 9.96. The summed E-state index contributed by atoms with van der Waals surface area (Å²) in [7, 11) is 0. The molecule has 184 valence electrons. The van der Waals surface area contributed by atoms with Crippen molar-refractivity contribution < 1.29 is 29.0 Å². The lowest BCUT2D eigenvalue weighted by Gasteiger charge is -2.22. The van der Waals surface area contributed by atoms with E-state index in [4.69, 9.17) is 9.47 Å². The minimum absolute atomic E-state index is 0.0564. The molecule has 8 nitrogen and oxygen atoms in total. The third-order valence-electron chi connectivity index (χ3n) is 4.44. The van der Waals surface area contributed by atoms with E-state index in [1.54, 1.807) is 20.8 Å². The minimum Gasteiger partial charge on any atom is -0.480 e. The zero-order chi connectivity index (χ0) is 25.5. The van der Waals surface area contributed by atoms with E-state index < -0.39 is 29.3 Å². The van der Waals surface area contributed by atoms with E-state index in [9.17, 15) is 19.5 Å². The lowest BCUT2D eigenvalue weighted by Crippen LogP contribution is -2.44. The average molecular weight is 471 g/mol. The third-order valence-corrected chi connectivity index (χ3v) is 4.44. The summed E-state index contributed by atoms with van der Waals surface area (Å²) in [6, 6.07) is 13.9. The van der Waals surface area contributed by atoms with Crippen molar-refractivity contribution in [3.8, 4) is 11.1 Å². The predicted octanol–water partition coefficient (Wildman–Crippen LogP) is 4.63. The average Bonchev–Trinajstić information content (AvgIpc) is 2.70. The molecule has 2 aromatic rings. The number of carbonyl (C=O) groups is 3. The molecule has 0 bridgehead atoms. The number of carboxylic acids is 1. The Morgan fingerprint density at radius 1 is 0.882 bits per heavy atom. The number of hydrogen-bond donors (Lipinski definition) is 3. The molecular weight excluding hydrogens is 436 g/mol. The fourth-order valence-corrected chi connectivity index (χ4v) is 3.08. The largest absolute Gasteiger partial charge is 0.480 e. The van der Waals surface area contributed by atoms with Crippen LogP contribution in [0.3, 0.4) is 0 Å². The summed E-state index contributed by atoms with van der Waals surface area (Å²) < 4.78 is 10.5.